The van der Waals surface area contributed by atoms with Crippen molar-refractivity contribution in [3.63, 3.8) is 0 Å². The highest BCUT2D eigenvalue weighted by molar-refractivity contribution is 5.72. The average molecular weight is 380 g/mol. The van der Waals surface area contributed by atoms with Gasteiger partial charge in [0.25, 0.3) is 0 Å². The van der Waals surface area contributed by atoms with Crippen LogP contribution < -0.4 is 0 Å². The number of hydrogen-bond acceptors (Lipinski definition) is 2. The first-order valence-electron chi connectivity index (χ1n) is 11.3. The lowest BCUT2D eigenvalue weighted by atomic mass is 9.47. The summed E-state index contributed by atoms with van der Waals surface area (Å²) in [6.07, 6.45) is 18.8. The molecule has 2 nitrogen and oxygen atoms in total. The van der Waals surface area contributed by atoms with Crippen molar-refractivity contribution in [2.24, 2.45) is 34.5 Å². The van der Waals surface area contributed by atoms with Crippen LogP contribution in [0.5, 0.6) is 0 Å². The molecule has 2 heteroatoms. The minimum atomic E-state index is 0.355. The smallest absolute Gasteiger partial charge is 0.0343 e. The van der Waals surface area contributed by atoms with Crippen LogP contribution in [0.2, 0.25) is 0 Å². The van der Waals surface area contributed by atoms with Gasteiger partial charge in [0.1, 0.15) is 0 Å². The zero-order valence-electron chi connectivity index (χ0n) is 18.1. The summed E-state index contributed by atoms with van der Waals surface area (Å²) in [4.78, 5) is 4.40. The molecule has 0 aromatic carbocycles. The average Bonchev–Trinajstić information content (AvgIpc) is 3.08. The summed E-state index contributed by atoms with van der Waals surface area (Å²) in [5, 5.41) is 7.00. The van der Waals surface area contributed by atoms with E-state index in [-0.39, 0.29) is 0 Å². The van der Waals surface area contributed by atoms with Crippen LogP contribution in [-0.4, -0.2) is 17.2 Å². The minimum absolute atomic E-state index is 0.355. The van der Waals surface area contributed by atoms with Gasteiger partial charge in [-0.15, -0.1) is 0 Å². The first-order valence-corrected chi connectivity index (χ1v) is 11.3. The van der Waals surface area contributed by atoms with Crippen LogP contribution in [0.4, 0.5) is 0 Å². The van der Waals surface area contributed by atoms with Crippen LogP contribution in [0.25, 0.3) is 5.57 Å². The Labute approximate surface area is 171 Å². The van der Waals surface area contributed by atoms with E-state index in [1.807, 2.05) is 11.8 Å². The summed E-state index contributed by atoms with van der Waals surface area (Å²) in [7, 11) is 1.00. The van der Waals surface area contributed by atoms with Gasteiger partial charge in [-0.2, -0.15) is 0 Å². The maximum absolute atomic E-state index is 7.00. The summed E-state index contributed by atoms with van der Waals surface area (Å²) in [6.45, 7) is 7.63. The van der Waals surface area contributed by atoms with Gasteiger partial charge in [-0.1, -0.05) is 44.6 Å². The Hall–Kier alpha value is -1.41. The highest BCUT2D eigenvalue weighted by Gasteiger charge is 2.56. The number of hydrogen-bond donors (Lipinski definition) is 1. The molecule has 2 fully saturated rings. The Balaban J connectivity index is 0.000000932. The topological polar surface area (TPSA) is 33.1 Å². The Morgan fingerprint density at radius 1 is 1.00 bits per heavy atom. The Morgan fingerprint density at radius 3 is 2.54 bits per heavy atom. The second-order valence-electron chi connectivity index (χ2n) is 10.2. The Morgan fingerprint density at radius 2 is 1.79 bits per heavy atom. The predicted octanol–water partition coefficient (Wildman–Crippen LogP) is 6.28. The molecule has 0 amide bonds. The molecule has 0 bridgehead atoms. The number of aromatic nitrogens is 1. The number of allylic oxidation sites excluding steroid dienone is 4. The number of aliphatic hydroxyl groups is 1. The maximum Gasteiger partial charge on any atom is 0.0343 e. The van der Waals surface area contributed by atoms with Crippen LogP contribution in [-0.2, 0) is 0 Å². The molecule has 4 aliphatic carbocycles. The zero-order valence-corrected chi connectivity index (χ0v) is 18.1. The van der Waals surface area contributed by atoms with Crippen molar-refractivity contribution in [1.29, 1.82) is 0 Å². The predicted molar refractivity (Wildman–Crippen MR) is 117 cm³/mol. The van der Waals surface area contributed by atoms with E-state index in [2.05, 4.69) is 56.2 Å². The highest BCUT2D eigenvalue weighted by Crippen LogP contribution is 2.66. The van der Waals surface area contributed by atoms with E-state index in [4.69, 9.17) is 5.11 Å². The molecule has 0 aliphatic heterocycles. The van der Waals surface area contributed by atoms with Crippen molar-refractivity contribution < 1.29 is 5.11 Å². The largest absolute Gasteiger partial charge is 0.400 e. The molecule has 6 atom stereocenters. The quantitative estimate of drug-likeness (QED) is 0.582. The summed E-state index contributed by atoms with van der Waals surface area (Å²) in [5.74, 6) is 3.51. The first kappa shape index (κ1) is 19.9. The minimum Gasteiger partial charge on any atom is -0.400 e. The first-order chi connectivity index (χ1) is 13.5. The van der Waals surface area contributed by atoms with Crippen LogP contribution in [0.1, 0.15) is 71.3 Å². The van der Waals surface area contributed by atoms with E-state index >= 15 is 0 Å². The SMILES string of the molecule is CO.C[C@H]1CC[C@@]2(C)C(=CCC3C2CC[C@]2(C)C(c4cccnc4)=CCC32)C1. The molecular weight excluding hydrogens is 342 g/mol. The highest BCUT2D eigenvalue weighted by atomic mass is 16.2. The summed E-state index contributed by atoms with van der Waals surface area (Å²) < 4.78 is 0. The fourth-order valence-corrected chi connectivity index (χ4v) is 7.38. The van der Waals surface area contributed by atoms with Gasteiger partial charge in [0.05, 0.1) is 0 Å². The molecule has 1 heterocycles. The third-order valence-corrected chi connectivity index (χ3v) is 8.90. The summed E-state index contributed by atoms with van der Waals surface area (Å²) in [6, 6.07) is 4.36. The molecular formula is C26H37NO. The molecule has 0 saturated heterocycles. The molecule has 4 aliphatic rings. The third kappa shape index (κ3) is 2.91. The Kier molecular flexibility index (Phi) is 5.29. The lowest BCUT2D eigenvalue weighted by Crippen LogP contribution is -2.49. The Bertz CT molecular complexity index is 766. The van der Waals surface area contributed by atoms with E-state index in [1.165, 1.54) is 50.5 Å². The number of pyridine rings is 1. The van der Waals surface area contributed by atoms with Crippen molar-refractivity contribution in [1.82, 2.24) is 4.98 Å². The van der Waals surface area contributed by atoms with Gasteiger partial charge in [-0.3, -0.25) is 4.98 Å². The lowest BCUT2D eigenvalue weighted by molar-refractivity contribution is -0.0137. The fraction of sp³-hybridized carbons (Fsp3) is 0.654. The van der Waals surface area contributed by atoms with Crippen LogP contribution in [0.15, 0.2) is 42.3 Å². The normalized spacial score (nSPS) is 41.5. The zero-order chi connectivity index (χ0) is 19.9. The molecule has 28 heavy (non-hydrogen) atoms. The standard InChI is InChI=1S/C25H33N.CH4O/c1-17-10-12-24(2)19(15-17)6-7-20-22-9-8-21(18-5-4-14-26-16-18)25(22,3)13-11-23(20)24;1-2/h4-6,8,14,16-17,20,22-23H,7,9-13,15H2,1-3H3;2H,1H3/t17-,20?,22?,23?,24-,25+;/m0./s1. The molecule has 0 spiro atoms. The van der Waals surface area contributed by atoms with Crippen molar-refractivity contribution >= 4 is 5.57 Å². The second kappa shape index (κ2) is 7.44. The van der Waals surface area contributed by atoms with Crippen molar-refractivity contribution in [2.75, 3.05) is 7.11 Å². The summed E-state index contributed by atoms with van der Waals surface area (Å²) in [5.41, 5.74) is 5.62. The van der Waals surface area contributed by atoms with Gasteiger partial charge in [-0.25, -0.2) is 0 Å². The van der Waals surface area contributed by atoms with E-state index in [1.54, 1.807) is 5.57 Å². The van der Waals surface area contributed by atoms with Crippen LogP contribution in [0, 0.1) is 34.5 Å². The third-order valence-electron chi connectivity index (χ3n) is 8.90. The lowest BCUT2D eigenvalue weighted by Gasteiger charge is -2.58. The van der Waals surface area contributed by atoms with E-state index < -0.39 is 0 Å². The number of aliphatic hydroxyl groups excluding tert-OH is 1. The molecule has 1 aromatic rings. The molecule has 5 rings (SSSR count). The summed E-state index contributed by atoms with van der Waals surface area (Å²) >= 11 is 0. The second-order valence-corrected chi connectivity index (χ2v) is 10.2. The van der Waals surface area contributed by atoms with Gasteiger partial charge in [0, 0.05) is 19.5 Å². The molecule has 0 radical (unpaired) electrons. The van der Waals surface area contributed by atoms with Crippen LogP contribution in [0.3, 0.4) is 0 Å². The van der Waals surface area contributed by atoms with Gasteiger partial charge >= 0.3 is 0 Å². The fourth-order valence-electron chi connectivity index (χ4n) is 7.38. The van der Waals surface area contributed by atoms with Crippen LogP contribution >= 0.6 is 0 Å². The molecule has 1 aromatic heterocycles. The van der Waals surface area contributed by atoms with E-state index in [0.29, 0.717) is 10.8 Å². The van der Waals surface area contributed by atoms with Crippen molar-refractivity contribution in [2.45, 2.75) is 65.7 Å². The number of fused-ring (bicyclic) bond motifs is 5. The van der Waals surface area contributed by atoms with E-state index in [9.17, 15) is 0 Å². The van der Waals surface area contributed by atoms with Gasteiger partial charge in [-0.05, 0) is 96.7 Å². The number of rotatable bonds is 1. The van der Waals surface area contributed by atoms with Crippen molar-refractivity contribution in [3.8, 4) is 0 Å². The van der Waals surface area contributed by atoms with E-state index in [0.717, 1.165) is 30.8 Å². The van der Waals surface area contributed by atoms with Gasteiger partial charge in [0.15, 0.2) is 0 Å². The molecule has 3 unspecified atom stereocenters. The maximum atomic E-state index is 7.00. The van der Waals surface area contributed by atoms with Gasteiger partial charge < -0.3 is 5.11 Å². The number of nitrogens with zero attached hydrogens (tertiary/aromatic N) is 1. The molecule has 1 N–H and O–H groups in total. The van der Waals surface area contributed by atoms with Crippen molar-refractivity contribution in [3.05, 3.63) is 47.8 Å². The molecule has 152 valence electrons. The molecule has 2 saturated carbocycles. The monoisotopic (exact) mass is 379 g/mol. The van der Waals surface area contributed by atoms with Gasteiger partial charge in [0.2, 0.25) is 0 Å².